The van der Waals surface area contributed by atoms with Crippen LogP contribution in [0.3, 0.4) is 0 Å². The number of phenols is 1. The van der Waals surface area contributed by atoms with Crippen LogP contribution in [0.5, 0.6) is 5.75 Å². The molecule has 0 bridgehead atoms. The van der Waals surface area contributed by atoms with Crippen molar-refractivity contribution in [3.8, 4) is 78.6 Å². The summed E-state index contributed by atoms with van der Waals surface area (Å²) < 4.78 is 201. The van der Waals surface area contributed by atoms with Crippen LogP contribution < -0.4 is 0 Å². The summed E-state index contributed by atoms with van der Waals surface area (Å²) in [6.45, 7) is -8.75. The second kappa shape index (κ2) is 20.1. The maximum atomic E-state index is 13.5. The minimum absolute atomic E-state index is 0. The Morgan fingerprint density at radius 1 is 0.554 bits per heavy atom. The molecule has 4 nitrogen and oxygen atoms in total. The van der Waals surface area contributed by atoms with E-state index in [0.717, 1.165) is 22.3 Å². The van der Waals surface area contributed by atoms with Gasteiger partial charge in [-0.25, -0.2) is 4.98 Å². The molecular formula is C69H74N3OPt-. The molecule has 2 aromatic heterocycles. The van der Waals surface area contributed by atoms with E-state index in [9.17, 15) is 7.85 Å². The second-order valence-electron chi connectivity index (χ2n) is 21.9. The summed E-state index contributed by atoms with van der Waals surface area (Å²) >= 11 is 0. The van der Waals surface area contributed by atoms with Crippen LogP contribution in [0, 0.1) is 11.5 Å². The molecule has 9 rings (SSSR count). The van der Waals surface area contributed by atoms with Gasteiger partial charge in [-0.15, -0.1) is 29.3 Å². The summed E-state index contributed by atoms with van der Waals surface area (Å²) in [4.78, 5) is 10.1. The number of hydrogen-bond acceptors (Lipinski definition) is 3. The number of fused-ring (bicyclic) bond motifs is 1. The monoisotopic (exact) mass is 1180 g/mol. The zero-order chi connectivity index (χ0) is 70.9. The average Bonchev–Trinajstić information content (AvgIpc) is 0.834. The van der Waals surface area contributed by atoms with E-state index in [1.807, 2.05) is 111 Å². The zero-order valence-electron chi connectivity index (χ0n) is 65.0. The molecule has 7 aromatic carbocycles. The van der Waals surface area contributed by atoms with E-state index in [1.54, 1.807) is 97.2 Å². The molecule has 0 spiro atoms. The van der Waals surface area contributed by atoms with Gasteiger partial charge < -0.3 is 5.11 Å². The first kappa shape index (κ1) is 32.2. The van der Waals surface area contributed by atoms with Crippen molar-refractivity contribution in [2.24, 2.45) is 5.41 Å². The number of benzene rings is 7. The summed E-state index contributed by atoms with van der Waals surface area (Å²) in [5, 5.41) is 13.5. The Morgan fingerprint density at radius 3 is 1.70 bits per heavy atom. The maximum Gasteiger partial charge on any atom is 0.148 e. The van der Waals surface area contributed by atoms with Gasteiger partial charge in [-0.1, -0.05) is 224 Å². The summed E-state index contributed by atoms with van der Waals surface area (Å²) in [6.07, 6.45) is -0.0244. The van der Waals surface area contributed by atoms with E-state index in [-0.39, 0.29) is 43.3 Å². The predicted molar refractivity (Wildman–Crippen MR) is 310 cm³/mol. The van der Waals surface area contributed by atoms with Crippen LogP contribution >= 0.6 is 0 Å². The van der Waals surface area contributed by atoms with Gasteiger partial charge in [0.15, 0.2) is 0 Å². The Labute approximate surface area is 487 Å². The number of aromatic hydroxyl groups is 1. The molecule has 0 fully saturated rings. The fourth-order valence-electron chi connectivity index (χ4n) is 9.06. The third-order valence-corrected chi connectivity index (χ3v) is 12.8. The number of phenolic OH excluding ortho intramolecular Hbond substituents is 1. The quantitative estimate of drug-likeness (QED) is 0.154. The van der Waals surface area contributed by atoms with Crippen molar-refractivity contribution in [3.05, 3.63) is 192 Å². The molecule has 0 radical (unpaired) electrons. The number of imidazole rings is 1. The maximum absolute atomic E-state index is 13.5. The minimum Gasteiger partial charge on any atom is -0.507 e. The molecule has 0 aliphatic carbocycles. The molecule has 0 aliphatic heterocycles. The Hall–Kier alpha value is -6.35. The summed E-state index contributed by atoms with van der Waals surface area (Å²) in [6, 6.07) is 41.3. The van der Waals surface area contributed by atoms with Crippen molar-refractivity contribution < 1.29 is 56.3 Å². The minimum atomic E-state index is -4.48. The fourth-order valence-corrected chi connectivity index (χ4v) is 9.06. The Bertz CT molecular complexity index is 4180. The number of nitrogens with zero attached hydrogens (tertiary/aromatic N) is 3. The second-order valence-corrected chi connectivity index (χ2v) is 21.9. The van der Waals surface area contributed by atoms with Crippen molar-refractivity contribution in [2.45, 2.75) is 131 Å². The van der Waals surface area contributed by atoms with E-state index in [0.29, 0.717) is 44.6 Å². The van der Waals surface area contributed by atoms with E-state index in [1.165, 1.54) is 4.57 Å². The zero-order valence-corrected chi connectivity index (χ0v) is 45.2. The third kappa shape index (κ3) is 11.2. The smallest absolute Gasteiger partial charge is 0.148 e. The first-order valence-corrected chi connectivity index (χ1v) is 24.2. The SMILES string of the molecule is [2H]c1c(-c2nc3c(-c4[c-]c(-c5cc(-c6ccc(C([2H])([2H])C(C)(C)C)cc6)ccn5)cc(C(C)(C)C)c4)cccc3n2-c2c(-c3ccccc3)cc(C(C)(C)C)cc2-c2ccccc2)c(O)c(C(C([2H])([2H])[2H])(C([2H])([2H])[2H])C([2H])([2H])[2H])c([2H])c1C(C([2H])([2H])[2H])(C([2H])([2H])[2H])C([2H])([2H])[2H].[Pt]. The molecular weight excluding hydrogens is 1080 g/mol. The molecule has 0 amide bonds. The summed E-state index contributed by atoms with van der Waals surface area (Å²) in [5.41, 5.74) is -8.43. The third-order valence-electron chi connectivity index (χ3n) is 12.8. The van der Waals surface area contributed by atoms with Crippen LogP contribution in [0.4, 0.5) is 0 Å². The first-order valence-electron chi connectivity index (χ1n) is 35.2. The van der Waals surface area contributed by atoms with Crippen LogP contribution in [-0.2, 0) is 49.1 Å². The van der Waals surface area contributed by atoms with Gasteiger partial charge in [0.2, 0.25) is 0 Å². The predicted octanol–water partition coefficient (Wildman–Crippen LogP) is 18.7. The Balaban J connectivity index is 0.0000118. The Morgan fingerprint density at radius 2 is 1.14 bits per heavy atom. The largest absolute Gasteiger partial charge is 0.507 e. The van der Waals surface area contributed by atoms with Crippen molar-refractivity contribution in [1.29, 1.82) is 0 Å². The van der Waals surface area contributed by atoms with E-state index >= 15 is 0 Å². The molecule has 5 heteroatoms. The Kier molecular flexibility index (Phi) is 8.72. The molecule has 0 saturated carbocycles. The van der Waals surface area contributed by atoms with Gasteiger partial charge in [0.05, 0.1) is 25.0 Å². The fraction of sp³-hybridized carbons (Fsp3) is 0.304. The van der Waals surface area contributed by atoms with Crippen molar-refractivity contribution in [1.82, 2.24) is 14.5 Å². The number of aromatic nitrogens is 3. The van der Waals surface area contributed by atoms with Crippen LogP contribution in [0.1, 0.15) is 161 Å². The van der Waals surface area contributed by atoms with Crippen LogP contribution in [-0.4, -0.2) is 19.6 Å². The summed E-state index contributed by atoms with van der Waals surface area (Å²) in [5.74, 6) is -2.43. The molecule has 382 valence electrons. The normalized spacial score (nSPS) is 18.1. The number of para-hydroxylation sites is 1. The van der Waals surface area contributed by atoms with Crippen molar-refractivity contribution >= 4 is 11.0 Å². The number of rotatable bonds is 8. The van der Waals surface area contributed by atoms with Gasteiger partial charge >= 0.3 is 0 Å². The molecule has 1 N–H and O–H groups in total. The number of hydrogen-bond donors (Lipinski definition) is 1. The van der Waals surface area contributed by atoms with Crippen molar-refractivity contribution in [2.75, 3.05) is 0 Å². The van der Waals surface area contributed by atoms with Gasteiger partial charge in [-0.2, -0.15) is 0 Å². The van der Waals surface area contributed by atoms with Gasteiger partial charge in [0.25, 0.3) is 0 Å². The van der Waals surface area contributed by atoms with Crippen LogP contribution in [0.15, 0.2) is 158 Å². The first-order chi connectivity index (χ1) is 43.4. The standard InChI is InChI=1S/C69H74N3O.Pt/c1-65(2,3)43-44-29-31-45(32-30-44)48-33-34-70-59(38-48)50-35-49(36-51(37-50)66(4,5)6)54-27-22-28-60-61(54)71-64(57-41-53(68(10,11)12)42-58(63(57)73)69(13,14)15)72(60)62-55(46-23-18-16-19-24-46)39-52(67(7,8)9)40-56(62)47-25-20-17-21-26-47;/h16-34,36-42,73H,43H2,1-15H3;/q-1;/i10D3,11D3,12D3,13D3,14D3,15D3,41D,42D,43D2;. The van der Waals surface area contributed by atoms with Gasteiger partial charge in [-0.3, -0.25) is 9.55 Å². The number of pyridine rings is 1. The van der Waals surface area contributed by atoms with Gasteiger partial charge in [0, 0.05) is 77.1 Å². The van der Waals surface area contributed by atoms with Gasteiger partial charge in [-0.05, 0) is 103 Å². The summed E-state index contributed by atoms with van der Waals surface area (Å²) in [7, 11) is 0. The molecule has 0 saturated heterocycles. The molecule has 0 atom stereocenters. The molecule has 74 heavy (non-hydrogen) atoms. The van der Waals surface area contributed by atoms with Gasteiger partial charge in [0.1, 0.15) is 11.6 Å². The van der Waals surface area contributed by atoms with E-state index in [4.69, 9.17) is 37.4 Å². The molecule has 2 heterocycles. The van der Waals surface area contributed by atoms with E-state index in [2.05, 4.69) is 6.07 Å². The average molecular weight is 1180 g/mol. The van der Waals surface area contributed by atoms with E-state index < -0.39 is 115 Å². The van der Waals surface area contributed by atoms with Crippen LogP contribution in [0.2, 0.25) is 0 Å². The molecule has 0 aliphatic rings. The molecule has 0 unspecified atom stereocenters. The topological polar surface area (TPSA) is 50.9 Å². The van der Waals surface area contributed by atoms with Crippen molar-refractivity contribution in [3.63, 3.8) is 0 Å². The van der Waals surface area contributed by atoms with Crippen LogP contribution in [0.25, 0.3) is 83.9 Å². The molecule has 9 aromatic rings.